The average molecular weight is 318 g/mol. The molecule has 0 spiro atoms. The Morgan fingerprint density at radius 2 is 2.38 bits per heavy atom. The molecule has 3 nitrogen and oxygen atoms in total. The van der Waals surface area contributed by atoms with Gasteiger partial charge in [-0.15, -0.1) is 16.4 Å². The molecule has 2 N–H and O–H groups in total. The molecule has 86 valence electrons. The lowest BCUT2D eigenvalue weighted by atomic mass is 10.1. The van der Waals surface area contributed by atoms with Crippen LogP contribution in [0.3, 0.4) is 0 Å². The van der Waals surface area contributed by atoms with E-state index in [0.717, 1.165) is 27.9 Å². The highest BCUT2D eigenvalue weighted by Gasteiger charge is 2.15. The summed E-state index contributed by atoms with van der Waals surface area (Å²) >= 11 is 6.59. The van der Waals surface area contributed by atoms with Crippen LogP contribution in [0.15, 0.2) is 15.9 Å². The molecule has 0 amide bonds. The minimum absolute atomic E-state index is 0.0144. The number of hydrogen-bond acceptors (Lipinski definition) is 5. The van der Waals surface area contributed by atoms with Gasteiger partial charge in [-0.3, -0.25) is 0 Å². The third-order valence-corrected chi connectivity index (χ3v) is 4.92. The lowest BCUT2D eigenvalue weighted by Crippen LogP contribution is -2.13. The number of aromatic nitrogens is 2. The summed E-state index contributed by atoms with van der Waals surface area (Å²) in [7, 11) is 0. The van der Waals surface area contributed by atoms with Crippen molar-refractivity contribution in [2.24, 2.45) is 5.73 Å². The fraction of sp³-hybridized carbons (Fsp3) is 0.400. The molecule has 0 radical (unpaired) electrons. The summed E-state index contributed by atoms with van der Waals surface area (Å²) in [5.74, 6) is 0. The van der Waals surface area contributed by atoms with Crippen LogP contribution in [-0.4, -0.2) is 9.59 Å². The van der Waals surface area contributed by atoms with Gasteiger partial charge in [0.15, 0.2) is 0 Å². The molecule has 16 heavy (non-hydrogen) atoms. The van der Waals surface area contributed by atoms with Crippen molar-refractivity contribution in [2.75, 3.05) is 0 Å². The molecule has 0 saturated carbocycles. The van der Waals surface area contributed by atoms with Crippen molar-refractivity contribution in [3.05, 3.63) is 31.4 Å². The molecule has 1 atom stereocenters. The van der Waals surface area contributed by atoms with Crippen molar-refractivity contribution in [3.8, 4) is 0 Å². The van der Waals surface area contributed by atoms with Gasteiger partial charge < -0.3 is 5.73 Å². The highest BCUT2D eigenvalue weighted by molar-refractivity contribution is 9.10. The molecule has 2 rings (SSSR count). The fourth-order valence-corrected chi connectivity index (χ4v) is 3.76. The van der Waals surface area contributed by atoms with E-state index in [-0.39, 0.29) is 6.04 Å². The Bertz CT molecular complexity index is 466. The molecule has 0 aliphatic carbocycles. The van der Waals surface area contributed by atoms with Crippen LogP contribution in [0.1, 0.15) is 28.4 Å². The van der Waals surface area contributed by atoms with Gasteiger partial charge in [-0.1, -0.05) is 11.4 Å². The van der Waals surface area contributed by atoms with Crippen LogP contribution in [0.4, 0.5) is 0 Å². The molecular weight excluding hydrogens is 306 g/mol. The Morgan fingerprint density at radius 3 is 3.00 bits per heavy atom. The Balaban J connectivity index is 2.11. The number of thiophene rings is 1. The Hall–Kier alpha value is -0.300. The normalized spacial score (nSPS) is 12.9. The van der Waals surface area contributed by atoms with Crippen molar-refractivity contribution in [1.82, 2.24) is 9.59 Å². The smallest absolute Gasteiger partial charge is 0.0801 e. The van der Waals surface area contributed by atoms with E-state index >= 15 is 0 Å². The van der Waals surface area contributed by atoms with Crippen LogP contribution in [0.2, 0.25) is 0 Å². The highest BCUT2D eigenvalue weighted by Crippen LogP contribution is 2.27. The van der Waals surface area contributed by atoms with E-state index < -0.39 is 0 Å². The summed E-state index contributed by atoms with van der Waals surface area (Å²) in [4.78, 5) is 2.40. The fourth-order valence-electron chi connectivity index (χ4n) is 1.51. The molecule has 2 aromatic rings. The van der Waals surface area contributed by atoms with E-state index in [1.165, 1.54) is 16.4 Å². The summed E-state index contributed by atoms with van der Waals surface area (Å²) in [5, 5.41) is 6.16. The number of rotatable bonds is 4. The SMILES string of the molecule is CCc1nnsc1C(N)Cc1cc(Br)cs1. The molecule has 6 heteroatoms. The molecule has 0 aromatic carbocycles. The highest BCUT2D eigenvalue weighted by atomic mass is 79.9. The van der Waals surface area contributed by atoms with Crippen LogP contribution >= 0.6 is 38.8 Å². The number of nitrogens with zero attached hydrogens (tertiary/aromatic N) is 2. The number of hydrogen-bond donors (Lipinski definition) is 1. The van der Waals surface area contributed by atoms with Crippen LogP contribution in [0, 0.1) is 0 Å². The Kier molecular flexibility index (Phi) is 4.07. The van der Waals surface area contributed by atoms with Gasteiger partial charge in [0.05, 0.1) is 10.6 Å². The minimum atomic E-state index is 0.0144. The topological polar surface area (TPSA) is 51.8 Å². The lowest BCUT2D eigenvalue weighted by molar-refractivity contribution is 0.730. The zero-order valence-corrected chi connectivity index (χ0v) is 12.0. The predicted molar refractivity (Wildman–Crippen MR) is 71.9 cm³/mol. The van der Waals surface area contributed by atoms with E-state index in [2.05, 4.69) is 43.9 Å². The van der Waals surface area contributed by atoms with Crippen molar-refractivity contribution >= 4 is 38.8 Å². The second-order valence-corrected chi connectivity index (χ2v) is 6.18. The van der Waals surface area contributed by atoms with Crippen molar-refractivity contribution in [1.29, 1.82) is 0 Å². The molecule has 0 saturated heterocycles. The lowest BCUT2D eigenvalue weighted by Gasteiger charge is -2.08. The molecule has 0 aliphatic rings. The summed E-state index contributed by atoms with van der Waals surface area (Å²) < 4.78 is 5.09. The molecule has 0 bridgehead atoms. The summed E-state index contributed by atoms with van der Waals surface area (Å²) in [6, 6.07) is 2.13. The molecular formula is C10H12BrN3S2. The van der Waals surface area contributed by atoms with E-state index in [9.17, 15) is 0 Å². The van der Waals surface area contributed by atoms with Gasteiger partial charge in [-0.05, 0) is 39.9 Å². The Labute approximate surface area is 111 Å². The quantitative estimate of drug-likeness (QED) is 0.942. The van der Waals surface area contributed by atoms with E-state index in [0.29, 0.717) is 0 Å². The number of aryl methyl sites for hydroxylation is 1. The van der Waals surface area contributed by atoms with E-state index in [4.69, 9.17) is 5.73 Å². The number of nitrogens with two attached hydrogens (primary N) is 1. The monoisotopic (exact) mass is 317 g/mol. The maximum atomic E-state index is 6.18. The van der Waals surface area contributed by atoms with E-state index in [1.54, 1.807) is 11.3 Å². The second-order valence-electron chi connectivity index (χ2n) is 3.48. The van der Waals surface area contributed by atoms with Gasteiger partial charge in [0, 0.05) is 27.2 Å². The largest absolute Gasteiger partial charge is 0.323 e. The van der Waals surface area contributed by atoms with Gasteiger partial charge in [-0.2, -0.15) is 0 Å². The minimum Gasteiger partial charge on any atom is -0.323 e. The van der Waals surface area contributed by atoms with Gasteiger partial charge in [-0.25, -0.2) is 0 Å². The molecule has 1 unspecified atom stereocenters. The van der Waals surface area contributed by atoms with Gasteiger partial charge in [0.1, 0.15) is 0 Å². The number of halogens is 1. The first-order valence-corrected chi connectivity index (χ1v) is 7.45. The second kappa shape index (κ2) is 5.35. The van der Waals surface area contributed by atoms with Crippen LogP contribution < -0.4 is 5.73 Å². The molecule has 0 fully saturated rings. The van der Waals surface area contributed by atoms with Crippen LogP contribution in [0.5, 0.6) is 0 Å². The van der Waals surface area contributed by atoms with Crippen LogP contribution in [-0.2, 0) is 12.8 Å². The molecule has 2 aromatic heterocycles. The van der Waals surface area contributed by atoms with Crippen molar-refractivity contribution in [2.45, 2.75) is 25.8 Å². The first-order valence-electron chi connectivity index (χ1n) is 5.00. The maximum absolute atomic E-state index is 6.18. The average Bonchev–Trinajstić information content (AvgIpc) is 2.86. The first-order chi connectivity index (χ1) is 7.70. The summed E-state index contributed by atoms with van der Waals surface area (Å²) in [6.45, 7) is 2.08. The standard InChI is InChI=1S/C10H12BrN3S2/c1-2-9-10(16-14-13-9)8(12)4-7-3-6(11)5-15-7/h3,5,8H,2,4,12H2,1H3. The molecule has 0 aliphatic heterocycles. The van der Waals surface area contributed by atoms with Crippen molar-refractivity contribution < 1.29 is 0 Å². The Morgan fingerprint density at radius 1 is 1.56 bits per heavy atom. The zero-order valence-electron chi connectivity index (χ0n) is 8.81. The summed E-state index contributed by atoms with van der Waals surface area (Å²) in [5.41, 5.74) is 7.21. The van der Waals surface area contributed by atoms with E-state index in [1.807, 2.05) is 0 Å². The third-order valence-electron chi connectivity index (χ3n) is 2.30. The zero-order chi connectivity index (χ0) is 11.5. The van der Waals surface area contributed by atoms with Gasteiger partial charge in [0.25, 0.3) is 0 Å². The predicted octanol–water partition coefficient (Wildman–Crippen LogP) is 3.17. The van der Waals surface area contributed by atoms with Crippen molar-refractivity contribution in [3.63, 3.8) is 0 Å². The molecule has 2 heterocycles. The summed E-state index contributed by atoms with van der Waals surface area (Å²) in [6.07, 6.45) is 1.75. The van der Waals surface area contributed by atoms with Gasteiger partial charge >= 0.3 is 0 Å². The third kappa shape index (κ3) is 2.68. The maximum Gasteiger partial charge on any atom is 0.0801 e. The van der Waals surface area contributed by atoms with Crippen LogP contribution in [0.25, 0.3) is 0 Å². The first kappa shape index (κ1) is 12.2. The van der Waals surface area contributed by atoms with Gasteiger partial charge in [0.2, 0.25) is 0 Å².